The van der Waals surface area contributed by atoms with Gasteiger partial charge in [-0.05, 0) is 37.4 Å². The van der Waals surface area contributed by atoms with Crippen LogP contribution < -0.4 is 10.6 Å². The van der Waals surface area contributed by atoms with Gasteiger partial charge in [0.1, 0.15) is 12.0 Å². The summed E-state index contributed by atoms with van der Waals surface area (Å²) < 4.78 is 5.58. The van der Waals surface area contributed by atoms with Crippen molar-refractivity contribution in [2.75, 3.05) is 6.54 Å². The molecule has 0 saturated carbocycles. The summed E-state index contributed by atoms with van der Waals surface area (Å²) in [5.74, 6) is 1.40. The van der Waals surface area contributed by atoms with E-state index in [4.69, 9.17) is 4.42 Å². The lowest BCUT2D eigenvalue weighted by Gasteiger charge is -2.09. The first-order valence-corrected chi connectivity index (χ1v) is 9.18. The number of aromatic nitrogens is 1. The van der Waals surface area contributed by atoms with Gasteiger partial charge in [-0.25, -0.2) is 9.98 Å². The fourth-order valence-electron chi connectivity index (χ4n) is 2.29. The van der Waals surface area contributed by atoms with Crippen LogP contribution in [-0.4, -0.2) is 17.5 Å². The zero-order valence-electron chi connectivity index (χ0n) is 14.5. The molecule has 0 aliphatic heterocycles. The van der Waals surface area contributed by atoms with Crippen molar-refractivity contribution in [1.29, 1.82) is 0 Å². The zero-order chi connectivity index (χ0) is 17.5. The van der Waals surface area contributed by atoms with Gasteiger partial charge in [-0.2, -0.15) is 0 Å². The van der Waals surface area contributed by atoms with Crippen LogP contribution in [0, 0.1) is 6.92 Å². The first-order valence-electron chi connectivity index (χ1n) is 8.30. The molecule has 25 heavy (non-hydrogen) atoms. The Bertz CT molecular complexity index is 806. The van der Waals surface area contributed by atoms with Gasteiger partial charge in [-0.1, -0.05) is 23.8 Å². The van der Waals surface area contributed by atoms with Crippen LogP contribution in [0.25, 0.3) is 11.5 Å². The third-order valence-electron chi connectivity index (χ3n) is 3.60. The minimum absolute atomic E-state index is 0.467. The summed E-state index contributed by atoms with van der Waals surface area (Å²) in [6, 6.07) is 12.3. The van der Waals surface area contributed by atoms with E-state index < -0.39 is 0 Å². The van der Waals surface area contributed by atoms with E-state index in [9.17, 15) is 0 Å². The molecular formula is C19H22N4OS. The number of aryl methyl sites for hydroxylation is 1. The molecule has 0 unspecified atom stereocenters. The SMILES string of the molecule is CCNC(=NCc1coc(-c2ccc(C)cc2)n1)NCc1cccs1. The number of nitrogens with zero attached hydrogens (tertiary/aromatic N) is 2. The van der Waals surface area contributed by atoms with Crippen molar-refractivity contribution in [3.05, 3.63) is 64.2 Å². The molecule has 2 heterocycles. The van der Waals surface area contributed by atoms with E-state index in [0.29, 0.717) is 12.4 Å². The lowest BCUT2D eigenvalue weighted by atomic mass is 10.1. The van der Waals surface area contributed by atoms with E-state index in [-0.39, 0.29) is 0 Å². The van der Waals surface area contributed by atoms with E-state index in [1.807, 2.05) is 25.1 Å². The normalized spacial score (nSPS) is 11.5. The van der Waals surface area contributed by atoms with E-state index in [1.165, 1.54) is 10.4 Å². The fourth-order valence-corrected chi connectivity index (χ4v) is 2.94. The summed E-state index contributed by atoms with van der Waals surface area (Å²) in [4.78, 5) is 10.4. The number of hydrogen-bond donors (Lipinski definition) is 2. The Morgan fingerprint density at radius 1 is 1.20 bits per heavy atom. The molecule has 2 aromatic heterocycles. The first kappa shape index (κ1) is 17.2. The predicted octanol–water partition coefficient (Wildman–Crippen LogP) is 3.97. The van der Waals surface area contributed by atoms with Gasteiger partial charge in [0.05, 0.1) is 13.1 Å². The molecule has 5 nitrogen and oxygen atoms in total. The average molecular weight is 354 g/mol. The van der Waals surface area contributed by atoms with Crippen LogP contribution in [0.15, 0.2) is 57.5 Å². The number of guanidine groups is 1. The van der Waals surface area contributed by atoms with Crippen LogP contribution in [0.5, 0.6) is 0 Å². The number of nitrogens with one attached hydrogen (secondary N) is 2. The lowest BCUT2D eigenvalue weighted by molar-refractivity contribution is 0.572. The van der Waals surface area contributed by atoms with Gasteiger partial charge < -0.3 is 15.1 Å². The molecule has 130 valence electrons. The lowest BCUT2D eigenvalue weighted by Crippen LogP contribution is -2.36. The summed E-state index contributed by atoms with van der Waals surface area (Å²) in [7, 11) is 0. The minimum Gasteiger partial charge on any atom is -0.444 e. The van der Waals surface area contributed by atoms with Crippen LogP contribution in [0.4, 0.5) is 0 Å². The van der Waals surface area contributed by atoms with Crippen molar-refractivity contribution in [2.45, 2.75) is 26.9 Å². The number of thiophene rings is 1. The summed E-state index contributed by atoms with van der Waals surface area (Å²) in [5, 5.41) is 8.65. The molecule has 3 aromatic rings. The highest BCUT2D eigenvalue weighted by atomic mass is 32.1. The molecule has 0 atom stereocenters. The van der Waals surface area contributed by atoms with Gasteiger partial charge >= 0.3 is 0 Å². The maximum absolute atomic E-state index is 5.58. The van der Waals surface area contributed by atoms with Gasteiger partial charge in [0.2, 0.25) is 5.89 Å². The zero-order valence-corrected chi connectivity index (χ0v) is 15.3. The van der Waals surface area contributed by atoms with E-state index >= 15 is 0 Å². The van der Waals surface area contributed by atoms with Gasteiger partial charge in [0, 0.05) is 17.0 Å². The topological polar surface area (TPSA) is 62.5 Å². The fraction of sp³-hybridized carbons (Fsp3) is 0.263. The maximum Gasteiger partial charge on any atom is 0.226 e. The molecular weight excluding hydrogens is 332 g/mol. The largest absolute Gasteiger partial charge is 0.444 e. The Morgan fingerprint density at radius 2 is 2.04 bits per heavy atom. The van der Waals surface area contributed by atoms with Crippen molar-refractivity contribution >= 4 is 17.3 Å². The molecule has 0 aliphatic rings. The second-order valence-corrected chi connectivity index (χ2v) is 6.67. The highest BCUT2D eigenvalue weighted by molar-refractivity contribution is 7.09. The van der Waals surface area contributed by atoms with E-state index in [0.717, 1.165) is 30.3 Å². The van der Waals surface area contributed by atoms with Crippen LogP contribution >= 0.6 is 11.3 Å². The van der Waals surface area contributed by atoms with Crippen LogP contribution in [0.1, 0.15) is 23.1 Å². The number of benzene rings is 1. The molecule has 0 aliphatic carbocycles. The third-order valence-corrected chi connectivity index (χ3v) is 4.48. The Labute approximate surface area is 151 Å². The van der Waals surface area contributed by atoms with Crippen LogP contribution in [-0.2, 0) is 13.1 Å². The maximum atomic E-state index is 5.58. The second kappa shape index (κ2) is 8.48. The summed E-state index contributed by atoms with van der Waals surface area (Å²) in [6.45, 7) is 6.15. The Balaban J connectivity index is 1.63. The van der Waals surface area contributed by atoms with Crippen molar-refractivity contribution < 1.29 is 4.42 Å². The molecule has 0 fully saturated rings. The summed E-state index contributed by atoms with van der Waals surface area (Å²) >= 11 is 1.73. The molecule has 0 amide bonds. The molecule has 0 radical (unpaired) electrons. The molecule has 2 N–H and O–H groups in total. The van der Waals surface area contributed by atoms with Crippen molar-refractivity contribution in [2.24, 2.45) is 4.99 Å². The van der Waals surface area contributed by atoms with Gasteiger partial charge in [-0.3, -0.25) is 0 Å². The average Bonchev–Trinajstić information content (AvgIpc) is 3.30. The third kappa shape index (κ3) is 4.93. The molecule has 0 saturated heterocycles. The number of hydrogen-bond acceptors (Lipinski definition) is 4. The van der Waals surface area contributed by atoms with Crippen LogP contribution in [0.3, 0.4) is 0 Å². The van der Waals surface area contributed by atoms with Crippen molar-refractivity contribution in [3.8, 4) is 11.5 Å². The number of rotatable bonds is 6. The summed E-state index contributed by atoms with van der Waals surface area (Å²) in [6.07, 6.45) is 1.67. The van der Waals surface area contributed by atoms with E-state index in [1.54, 1.807) is 17.6 Å². The second-order valence-electron chi connectivity index (χ2n) is 5.64. The minimum atomic E-state index is 0.467. The Kier molecular flexibility index (Phi) is 5.85. The quantitative estimate of drug-likeness (QED) is 0.519. The molecule has 6 heteroatoms. The van der Waals surface area contributed by atoms with Gasteiger partial charge in [0.25, 0.3) is 0 Å². The predicted molar refractivity (Wildman–Crippen MR) is 103 cm³/mol. The number of oxazole rings is 1. The van der Waals surface area contributed by atoms with Crippen molar-refractivity contribution in [3.63, 3.8) is 0 Å². The highest BCUT2D eigenvalue weighted by Crippen LogP contribution is 2.19. The number of aliphatic imine (C=N–C) groups is 1. The van der Waals surface area contributed by atoms with Crippen LogP contribution in [0.2, 0.25) is 0 Å². The highest BCUT2D eigenvalue weighted by Gasteiger charge is 2.07. The first-order chi connectivity index (χ1) is 12.2. The van der Waals surface area contributed by atoms with Gasteiger partial charge in [-0.15, -0.1) is 11.3 Å². The summed E-state index contributed by atoms with van der Waals surface area (Å²) in [5.41, 5.74) is 3.00. The van der Waals surface area contributed by atoms with Crippen molar-refractivity contribution in [1.82, 2.24) is 15.6 Å². The molecule has 1 aromatic carbocycles. The molecule has 3 rings (SSSR count). The Morgan fingerprint density at radius 3 is 2.76 bits per heavy atom. The molecule has 0 spiro atoms. The Hall–Kier alpha value is -2.60. The molecule has 0 bridgehead atoms. The van der Waals surface area contributed by atoms with Gasteiger partial charge in [0.15, 0.2) is 5.96 Å². The monoisotopic (exact) mass is 354 g/mol. The standard InChI is InChI=1S/C19H22N4OS/c1-3-20-19(22-12-17-5-4-10-25-17)21-11-16-13-24-18(23-16)15-8-6-14(2)7-9-15/h4-10,13H,3,11-12H2,1-2H3,(H2,20,21,22). The smallest absolute Gasteiger partial charge is 0.226 e. The van der Waals surface area contributed by atoms with E-state index in [2.05, 4.69) is 51.1 Å².